The number of unbranched alkanes of at least 4 members (excludes halogenated alkanes) is 9. The van der Waals surface area contributed by atoms with E-state index in [4.69, 9.17) is 29.0 Å². The fourth-order valence-corrected chi connectivity index (χ4v) is 9.37. The Bertz CT molecular complexity index is 1930. The topological polar surface area (TPSA) is 306 Å². The van der Waals surface area contributed by atoms with Crippen LogP contribution in [0.1, 0.15) is 162 Å². The van der Waals surface area contributed by atoms with E-state index in [9.17, 15) is 53.7 Å². The number of phosphoric acid groups is 2. The Labute approximate surface area is 419 Å². The highest BCUT2D eigenvalue weighted by Crippen LogP contribution is 2.60. The summed E-state index contributed by atoms with van der Waals surface area (Å²) in [5.74, 6) is -0.819. The van der Waals surface area contributed by atoms with Crippen molar-refractivity contribution < 1.29 is 76.5 Å². The van der Waals surface area contributed by atoms with Crippen molar-refractivity contribution in [3.8, 4) is 0 Å². The number of anilines is 1. The van der Waals surface area contributed by atoms with E-state index in [2.05, 4.69) is 54.4 Å². The summed E-state index contributed by atoms with van der Waals surface area (Å²) in [5, 5.41) is 41.7. The summed E-state index contributed by atoms with van der Waals surface area (Å²) in [6, 6.07) is 1.23. The molecular formula is C49H83N3O17P2. The average Bonchev–Trinajstić information content (AvgIpc) is 3.60. The van der Waals surface area contributed by atoms with Gasteiger partial charge >= 0.3 is 33.3 Å². The van der Waals surface area contributed by atoms with Crippen LogP contribution in [0.4, 0.5) is 5.82 Å². The van der Waals surface area contributed by atoms with Gasteiger partial charge in [0.05, 0.1) is 25.4 Å². The third kappa shape index (κ3) is 29.2. The molecule has 2 rings (SSSR count). The maximum Gasteiger partial charge on any atom is 0.481 e. The number of carbonyl (C=O) groups is 2. The van der Waals surface area contributed by atoms with E-state index in [1.54, 1.807) is 6.08 Å². The number of nitrogens with zero attached hydrogens (tertiary/aromatic N) is 2. The molecule has 20 nitrogen and oxygen atoms in total. The second kappa shape index (κ2) is 36.5. The van der Waals surface area contributed by atoms with Crippen molar-refractivity contribution in [3.63, 3.8) is 0 Å². The number of phosphoric ester groups is 2. The SMILES string of the molecule is CC/C=C\C/C=C\C/C=C\C/C=C\C[C@H](O)[C@@H](O)CCCC(=O)OC[C@H](COP(=O)(O)OP(=O)(O)OC[C@H]1O[C@@H](n2ccc(N)nc2=O)[C@H](O)[C@@H]1O)OC(=O)CCCCCCCCCCCCC(C)CC. The summed E-state index contributed by atoms with van der Waals surface area (Å²) in [6.07, 6.45) is 23.7. The number of nitrogen functional groups attached to an aromatic ring is 1. The van der Waals surface area contributed by atoms with E-state index >= 15 is 0 Å². The van der Waals surface area contributed by atoms with Crippen LogP contribution in [0.3, 0.4) is 0 Å². The van der Waals surface area contributed by atoms with Gasteiger partial charge in [0.1, 0.15) is 30.7 Å². The lowest BCUT2D eigenvalue weighted by Crippen LogP contribution is -2.36. The maximum atomic E-state index is 12.9. The minimum Gasteiger partial charge on any atom is -0.462 e. The number of aliphatic hydroxyl groups excluding tert-OH is 4. The Kier molecular flexibility index (Phi) is 32.8. The Balaban J connectivity index is 1.87. The summed E-state index contributed by atoms with van der Waals surface area (Å²) < 4.78 is 56.5. The van der Waals surface area contributed by atoms with Crippen LogP contribution < -0.4 is 11.4 Å². The number of hydrogen-bond donors (Lipinski definition) is 7. The van der Waals surface area contributed by atoms with Crippen molar-refractivity contribution in [1.82, 2.24) is 9.55 Å². The van der Waals surface area contributed by atoms with Crippen LogP contribution >= 0.6 is 15.6 Å². The van der Waals surface area contributed by atoms with Crippen LogP contribution in [0.25, 0.3) is 0 Å². The fraction of sp³-hybridized carbons (Fsp3) is 0.714. The molecule has 0 bridgehead atoms. The number of nitrogens with two attached hydrogens (primary N) is 1. The van der Waals surface area contributed by atoms with Gasteiger partial charge in [0.15, 0.2) is 12.3 Å². The predicted molar refractivity (Wildman–Crippen MR) is 268 cm³/mol. The minimum absolute atomic E-state index is 0.0111. The molecule has 0 amide bonds. The number of ether oxygens (including phenoxy) is 3. The Morgan fingerprint density at radius 3 is 1.93 bits per heavy atom. The number of allylic oxidation sites excluding steroid dienone is 7. The van der Waals surface area contributed by atoms with E-state index in [1.165, 1.54) is 44.6 Å². The van der Waals surface area contributed by atoms with Gasteiger partial charge in [-0.1, -0.05) is 140 Å². The van der Waals surface area contributed by atoms with Crippen molar-refractivity contribution in [1.29, 1.82) is 0 Å². The normalized spacial score (nSPS) is 20.9. The first-order chi connectivity index (χ1) is 33.9. The Morgan fingerprint density at radius 2 is 1.32 bits per heavy atom. The molecule has 10 atom stereocenters. The van der Waals surface area contributed by atoms with E-state index in [1.807, 2.05) is 18.2 Å². The summed E-state index contributed by atoms with van der Waals surface area (Å²) >= 11 is 0. The molecule has 1 aromatic heterocycles. The van der Waals surface area contributed by atoms with Crippen LogP contribution in [0, 0.1) is 5.92 Å². The second-order valence-electron chi connectivity index (χ2n) is 17.8. The van der Waals surface area contributed by atoms with E-state index < -0.39 is 95.9 Å². The lowest BCUT2D eigenvalue weighted by Gasteiger charge is -2.21. The van der Waals surface area contributed by atoms with Crippen LogP contribution in [0.2, 0.25) is 0 Å². The van der Waals surface area contributed by atoms with Crippen LogP contribution in [0.5, 0.6) is 0 Å². The molecule has 1 saturated heterocycles. The second-order valence-corrected chi connectivity index (χ2v) is 20.9. The first-order valence-corrected chi connectivity index (χ1v) is 28.2. The molecule has 8 N–H and O–H groups in total. The van der Waals surface area contributed by atoms with Gasteiger partial charge in [-0.05, 0) is 63.4 Å². The van der Waals surface area contributed by atoms with E-state index in [0.29, 0.717) is 12.8 Å². The van der Waals surface area contributed by atoms with Gasteiger partial charge in [-0.3, -0.25) is 23.2 Å². The van der Waals surface area contributed by atoms with Crippen molar-refractivity contribution in [2.75, 3.05) is 25.6 Å². The zero-order valence-electron chi connectivity index (χ0n) is 41.9. The molecule has 1 aliphatic rings. The monoisotopic (exact) mass is 1050 g/mol. The molecule has 0 spiro atoms. The zero-order chi connectivity index (χ0) is 52.5. The first-order valence-electron chi connectivity index (χ1n) is 25.2. The highest BCUT2D eigenvalue weighted by Gasteiger charge is 2.46. The molecule has 0 aromatic carbocycles. The molecule has 0 saturated carbocycles. The number of aliphatic hydroxyl groups is 4. The molecule has 0 aliphatic carbocycles. The Hall–Kier alpha value is -3.36. The zero-order valence-corrected chi connectivity index (χ0v) is 43.7. The molecule has 406 valence electrons. The lowest BCUT2D eigenvalue weighted by atomic mass is 9.99. The standard InChI is InChI=1S/C49H83N3O17P2/c1-4-6-7-8-9-10-11-12-16-19-22-25-29-40(53)41(54)30-27-32-44(55)64-35-39(67-45(56)31-26-23-20-17-14-13-15-18-21-24-28-38(3)5-2)36-65-70(60,61)69-71(62,63)66-37-42-46(57)47(58)48(68-42)52-34-33-43(50)51-49(52)59/h6-7,9-10,12,16,22,25,33-34,38-42,46-48,53-54,57-58H,4-5,8,11,13-15,17-21,23-24,26-32,35-37H2,1-3H3,(H,60,61)(H,62,63)(H2,50,51,59)/b7-6-,10-9-,16-12-,25-22-/t38?,39-,40+,41+,42-,46-,47-,48-/m1/s1. The average molecular weight is 1050 g/mol. The number of hydrogen-bond acceptors (Lipinski definition) is 17. The fourth-order valence-electron chi connectivity index (χ4n) is 7.26. The molecule has 3 unspecified atom stereocenters. The quantitative estimate of drug-likeness (QED) is 0.0142. The summed E-state index contributed by atoms with van der Waals surface area (Å²) in [7, 11) is -11.0. The highest BCUT2D eigenvalue weighted by atomic mass is 31.3. The Morgan fingerprint density at radius 1 is 0.761 bits per heavy atom. The van der Waals surface area contributed by atoms with Gasteiger partial charge in [-0.15, -0.1) is 0 Å². The molecule has 2 heterocycles. The number of rotatable bonds is 40. The van der Waals surface area contributed by atoms with Crippen molar-refractivity contribution in [2.45, 2.75) is 198 Å². The summed E-state index contributed by atoms with van der Waals surface area (Å²) in [4.78, 5) is 61.9. The van der Waals surface area contributed by atoms with Gasteiger partial charge in [0.2, 0.25) is 0 Å². The molecule has 1 fully saturated rings. The van der Waals surface area contributed by atoms with E-state index in [0.717, 1.165) is 68.0 Å². The largest absolute Gasteiger partial charge is 0.481 e. The van der Waals surface area contributed by atoms with Crippen molar-refractivity contribution >= 4 is 33.4 Å². The molecule has 71 heavy (non-hydrogen) atoms. The van der Waals surface area contributed by atoms with Crippen LogP contribution in [-0.2, 0) is 46.3 Å². The molecule has 1 aliphatic heterocycles. The first kappa shape index (κ1) is 63.8. The summed E-state index contributed by atoms with van der Waals surface area (Å²) in [5.41, 5.74) is 4.56. The van der Waals surface area contributed by atoms with Crippen molar-refractivity contribution in [2.24, 2.45) is 5.92 Å². The van der Waals surface area contributed by atoms with Crippen LogP contribution in [-0.4, -0.2) is 108 Å². The third-order valence-electron chi connectivity index (χ3n) is 11.7. The van der Waals surface area contributed by atoms with Gasteiger partial charge in [-0.2, -0.15) is 9.29 Å². The van der Waals surface area contributed by atoms with Crippen molar-refractivity contribution in [3.05, 3.63) is 71.4 Å². The third-order valence-corrected chi connectivity index (χ3v) is 14.3. The number of carbonyl (C=O) groups excluding carboxylic acids is 2. The molecule has 22 heteroatoms. The number of esters is 2. The van der Waals surface area contributed by atoms with Gasteiger partial charge in [0.25, 0.3) is 0 Å². The minimum atomic E-state index is -5.49. The van der Waals surface area contributed by atoms with E-state index in [-0.39, 0.29) is 37.9 Å². The van der Waals surface area contributed by atoms with Gasteiger partial charge < -0.3 is 50.2 Å². The number of aromatic nitrogens is 2. The van der Waals surface area contributed by atoms with Gasteiger partial charge in [0, 0.05) is 19.0 Å². The molecule has 1 aromatic rings. The van der Waals surface area contributed by atoms with Crippen LogP contribution in [0.15, 0.2) is 65.7 Å². The highest BCUT2D eigenvalue weighted by molar-refractivity contribution is 7.61. The predicted octanol–water partition coefficient (Wildman–Crippen LogP) is 7.96. The molecule has 0 radical (unpaired) electrons. The summed E-state index contributed by atoms with van der Waals surface area (Å²) in [6.45, 7) is 4.05. The lowest BCUT2D eigenvalue weighted by molar-refractivity contribution is -0.161. The van der Waals surface area contributed by atoms with Gasteiger partial charge in [-0.25, -0.2) is 13.9 Å². The maximum absolute atomic E-state index is 12.9. The molecular weight excluding hydrogens is 964 g/mol. The smallest absolute Gasteiger partial charge is 0.462 e.